The van der Waals surface area contributed by atoms with Crippen molar-refractivity contribution in [2.45, 2.75) is 26.2 Å². The van der Waals surface area contributed by atoms with Gasteiger partial charge in [0.05, 0.1) is 13.2 Å². The lowest BCUT2D eigenvalue weighted by Crippen LogP contribution is -2.39. The first-order valence-electron chi connectivity index (χ1n) is 5.59. The van der Waals surface area contributed by atoms with E-state index in [1.807, 2.05) is 0 Å². The third kappa shape index (κ3) is 3.23. The minimum absolute atomic E-state index is 0.0164. The third-order valence-electron chi connectivity index (χ3n) is 3.02. The second kappa shape index (κ2) is 5.69. The van der Waals surface area contributed by atoms with Gasteiger partial charge >= 0.3 is 0 Å². The maximum atomic E-state index is 9.38. The van der Waals surface area contributed by atoms with Gasteiger partial charge in [0.25, 0.3) is 0 Å². The van der Waals surface area contributed by atoms with Gasteiger partial charge in [-0.25, -0.2) is 0 Å². The molecule has 0 bridgehead atoms. The van der Waals surface area contributed by atoms with E-state index in [-0.39, 0.29) is 12.0 Å². The van der Waals surface area contributed by atoms with Crippen molar-refractivity contribution in [2.24, 2.45) is 5.41 Å². The van der Waals surface area contributed by atoms with Gasteiger partial charge in [-0.1, -0.05) is 13.3 Å². The van der Waals surface area contributed by atoms with Crippen LogP contribution in [0.25, 0.3) is 0 Å². The van der Waals surface area contributed by atoms with E-state index in [1.54, 1.807) is 0 Å². The minimum atomic E-state index is 0.0164. The Morgan fingerprint density at radius 3 is 2.79 bits per heavy atom. The largest absolute Gasteiger partial charge is 0.396 e. The number of aliphatic hydroxyl groups is 1. The van der Waals surface area contributed by atoms with E-state index in [0.717, 1.165) is 32.7 Å². The van der Waals surface area contributed by atoms with E-state index in [2.05, 4.69) is 18.9 Å². The third-order valence-corrected chi connectivity index (χ3v) is 3.02. The molecule has 3 heteroatoms. The van der Waals surface area contributed by atoms with Crippen LogP contribution in [0, 0.1) is 5.41 Å². The van der Waals surface area contributed by atoms with E-state index in [9.17, 15) is 5.11 Å². The summed E-state index contributed by atoms with van der Waals surface area (Å²) in [6.07, 6.45) is 3.46. The molecule has 0 radical (unpaired) electrons. The molecule has 0 aromatic heterocycles. The van der Waals surface area contributed by atoms with Gasteiger partial charge in [0, 0.05) is 18.6 Å². The molecule has 1 heterocycles. The highest BCUT2D eigenvalue weighted by atomic mass is 16.5. The van der Waals surface area contributed by atoms with E-state index >= 15 is 0 Å². The SMILES string of the molecule is CCCCN(C)CC1(CO)CCOC1. The monoisotopic (exact) mass is 201 g/mol. The molecule has 0 spiro atoms. The van der Waals surface area contributed by atoms with Gasteiger partial charge < -0.3 is 14.7 Å². The van der Waals surface area contributed by atoms with Gasteiger partial charge in [0.2, 0.25) is 0 Å². The Labute approximate surface area is 87.1 Å². The summed E-state index contributed by atoms with van der Waals surface area (Å²) in [5.41, 5.74) is 0.0164. The number of rotatable bonds is 6. The average molecular weight is 201 g/mol. The Bertz CT molecular complexity index is 155. The van der Waals surface area contributed by atoms with Crippen LogP contribution in [-0.4, -0.2) is 50.0 Å². The zero-order valence-electron chi connectivity index (χ0n) is 9.46. The molecule has 1 rings (SSSR count). The van der Waals surface area contributed by atoms with E-state index in [0.29, 0.717) is 0 Å². The summed E-state index contributed by atoms with van der Waals surface area (Å²) in [6.45, 7) is 6.07. The highest BCUT2D eigenvalue weighted by molar-refractivity contribution is 4.85. The number of hydrogen-bond donors (Lipinski definition) is 1. The smallest absolute Gasteiger partial charge is 0.0557 e. The van der Waals surface area contributed by atoms with E-state index in [1.165, 1.54) is 12.8 Å². The summed E-state index contributed by atoms with van der Waals surface area (Å²) in [7, 11) is 2.13. The fraction of sp³-hybridized carbons (Fsp3) is 1.00. The van der Waals surface area contributed by atoms with Crippen LogP contribution < -0.4 is 0 Å². The lowest BCUT2D eigenvalue weighted by molar-refractivity contribution is 0.0641. The molecule has 3 nitrogen and oxygen atoms in total. The first kappa shape index (κ1) is 12.0. The van der Waals surface area contributed by atoms with Crippen molar-refractivity contribution in [2.75, 3.05) is 40.0 Å². The van der Waals surface area contributed by atoms with Crippen molar-refractivity contribution < 1.29 is 9.84 Å². The van der Waals surface area contributed by atoms with Crippen molar-refractivity contribution in [1.29, 1.82) is 0 Å². The van der Waals surface area contributed by atoms with Crippen molar-refractivity contribution in [3.05, 3.63) is 0 Å². The molecule has 1 aliphatic heterocycles. The van der Waals surface area contributed by atoms with Gasteiger partial charge in [0.15, 0.2) is 0 Å². The highest BCUT2D eigenvalue weighted by Gasteiger charge is 2.35. The van der Waals surface area contributed by atoms with Crippen molar-refractivity contribution in [1.82, 2.24) is 4.90 Å². The Morgan fingerprint density at radius 2 is 2.29 bits per heavy atom. The van der Waals surface area contributed by atoms with E-state index in [4.69, 9.17) is 4.74 Å². The predicted molar refractivity (Wildman–Crippen MR) is 57.4 cm³/mol. The molecule has 1 saturated heterocycles. The number of nitrogens with zero attached hydrogens (tertiary/aromatic N) is 1. The molecule has 0 aromatic rings. The van der Waals surface area contributed by atoms with Crippen LogP contribution in [0.5, 0.6) is 0 Å². The van der Waals surface area contributed by atoms with Crippen molar-refractivity contribution in [3.63, 3.8) is 0 Å². The summed E-state index contributed by atoms with van der Waals surface area (Å²) in [4.78, 5) is 2.31. The van der Waals surface area contributed by atoms with Gasteiger partial charge in [-0.05, 0) is 26.4 Å². The van der Waals surface area contributed by atoms with Gasteiger partial charge in [-0.15, -0.1) is 0 Å². The highest BCUT2D eigenvalue weighted by Crippen LogP contribution is 2.28. The van der Waals surface area contributed by atoms with Crippen LogP contribution in [0.15, 0.2) is 0 Å². The molecule has 0 amide bonds. The molecule has 1 aliphatic rings. The van der Waals surface area contributed by atoms with Gasteiger partial charge in [-0.3, -0.25) is 0 Å². The Kier molecular flexibility index (Phi) is 4.85. The molecule has 0 saturated carbocycles. The second-order valence-corrected chi connectivity index (χ2v) is 4.55. The van der Waals surface area contributed by atoms with Crippen LogP contribution in [0.4, 0.5) is 0 Å². The average Bonchev–Trinajstić information content (AvgIpc) is 2.64. The molecule has 1 atom stereocenters. The Hall–Kier alpha value is -0.120. The number of unbranched alkanes of at least 4 members (excludes halogenated alkanes) is 1. The lowest BCUT2D eigenvalue weighted by Gasteiger charge is -2.30. The molecule has 1 fully saturated rings. The summed E-state index contributed by atoms with van der Waals surface area (Å²) < 4.78 is 5.37. The first-order chi connectivity index (χ1) is 6.72. The standard InChI is InChI=1S/C11H23NO2/c1-3-4-6-12(2)8-11(9-13)5-7-14-10-11/h13H,3-10H2,1-2H3. The molecule has 0 aromatic carbocycles. The van der Waals surface area contributed by atoms with Crippen LogP contribution in [0.3, 0.4) is 0 Å². The predicted octanol–water partition coefficient (Wildman–Crippen LogP) is 1.12. The molecule has 84 valence electrons. The lowest BCUT2D eigenvalue weighted by atomic mass is 9.88. The van der Waals surface area contributed by atoms with Gasteiger partial charge in [0.1, 0.15) is 0 Å². The van der Waals surface area contributed by atoms with E-state index < -0.39 is 0 Å². The summed E-state index contributed by atoms with van der Waals surface area (Å²) in [5.74, 6) is 0. The second-order valence-electron chi connectivity index (χ2n) is 4.55. The summed E-state index contributed by atoms with van der Waals surface area (Å²) >= 11 is 0. The van der Waals surface area contributed by atoms with Crippen LogP contribution >= 0.6 is 0 Å². The zero-order chi connectivity index (χ0) is 10.4. The molecule has 14 heavy (non-hydrogen) atoms. The van der Waals surface area contributed by atoms with Crippen LogP contribution in [0.1, 0.15) is 26.2 Å². The normalized spacial score (nSPS) is 27.4. The number of ether oxygens (including phenoxy) is 1. The number of hydrogen-bond acceptors (Lipinski definition) is 3. The minimum Gasteiger partial charge on any atom is -0.396 e. The fourth-order valence-electron chi connectivity index (χ4n) is 2.03. The number of aliphatic hydroxyl groups excluding tert-OH is 1. The topological polar surface area (TPSA) is 32.7 Å². The summed E-state index contributed by atoms with van der Waals surface area (Å²) in [6, 6.07) is 0. The Balaban J connectivity index is 2.32. The van der Waals surface area contributed by atoms with Crippen molar-refractivity contribution in [3.8, 4) is 0 Å². The van der Waals surface area contributed by atoms with Crippen molar-refractivity contribution >= 4 is 0 Å². The van der Waals surface area contributed by atoms with Crippen LogP contribution in [0.2, 0.25) is 0 Å². The maximum absolute atomic E-state index is 9.38. The first-order valence-corrected chi connectivity index (χ1v) is 5.59. The quantitative estimate of drug-likeness (QED) is 0.699. The molecule has 0 aliphatic carbocycles. The zero-order valence-corrected chi connectivity index (χ0v) is 9.46. The molecular weight excluding hydrogens is 178 g/mol. The molecule has 1 N–H and O–H groups in total. The molecule has 1 unspecified atom stereocenters. The van der Waals surface area contributed by atoms with Crippen LogP contribution in [-0.2, 0) is 4.74 Å². The van der Waals surface area contributed by atoms with Gasteiger partial charge in [-0.2, -0.15) is 0 Å². The maximum Gasteiger partial charge on any atom is 0.0557 e. The summed E-state index contributed by atoms with van der Waals surface area (Å²) in [5, 5.41) is 9.38. The fourth-order valence-corrected chi connectivity index (χ4v) is 2.03. The Morgan fingerprint density at radius 1 is 1.50 bits per heavy atom. The molecular formula is C11H23NO2.